The van der Waals surface area contributed by atoms with Crippen LogP contribution in [0, 0.1) is 11.3 Å². The number of rotatable bonds is 6. The Kier molecular flexibility index (Phi) is 5.90. The average molecular weight is 390 g/mol. The number of ether oxygens (including phenoxy) is 2. The van der Waals surface area contributed by atoms with E-state index in [1.54, 1.807) is 55.6 Å². The molecule has 0 spiro atoms. The van der Waals surface area contributed by atoms with Crippen molar-refractivity contribution in [2.45, 2.75) is 6.92 Å². The van der Waals surface area contributed by atoms with E-state index in [9.17, 15) is 14.9 Å². The second-order valence-corrected chi connectivity index (χ2v) is 5.85. The van der Waals surface area contributed by atoms with E-state index in [1.165, 1.54) is 17.6 Å². The zero-order chi connectivity index (χ0) is 20.8. The minimum Gasteiger partial charge on any atom is -0.493 e. The number of likely N-dealkylation sites (N-methyl/N-ethyl adjacent to an activating group) is 1. The molecule has 0 bridgehead atoms. The summed E-state index contributed by atoms with van der Waals surface area (Å²) in [4.78, 5) is 29.6. The molecule has 3 aromatic rings. The summed E-state index contributed by atoms with van der Waals surface area (Å²) >= 11 is 0. The van der Waals surface area contributed by atoms with Gasteiger partial charge in [-0.25, -0.2) is 0 Å². The Morgan fingerprint density at radius 3 is 2.66 bits per heavy atom. The maximum Gasteiger partial charge on any atom is 0.269 e. The third-order valence-corrected chi connectivity index (χ3v) is 4.00. The number of pyridine rings is 1. The first-order valence-corrected chi connectivity index (χ1v) is 8.81. The van der Waals surface area contributed by atoms with E-state index in [1.807, 2.05) is 6.07 Å². The van der Waals surface area contributed by atoms with Gasteiger partial charge in [-0.1, -0.05) is 18.2 Å². The van der Waals surface area contributed by atoms with E-state index < -0.39 is 11.5 Å². The number of hydrogen-bond acceptors (Lipinski definition) is 6. The molecule has 0 unspecified atom stereocenters. The summed E-state index contributed by atoms with van der Waals surface area (Å²) in [6.45, 7) is 2.08. The van der Waals surface area contributed by atoms with Crippen molar-refractivity contribution in [3.8, 4) is 23.4 Å². The number of nitrogens with zero attached hydrogens (tertiary/aromatic N) is 3. The van der Waals surface area contributed by atoms with Crippen LogP contribution in [0.4, 0.5) is 0 Å². The van der Waals surface area contributed by atoms with Crippen LogP contribution in [0.25, 0.3) is 11.7 Å². The Morgan fingerprint density at radius 1 is 1.24 bits per heavy atom. The molecule has 0 saturated heterocycles. The van der Waals surface area contributed by atoms with E-state index in [0.29, 0.717) is 23.7 Å². The van der Waals surface area contributed by atoms with Gasteiger partial charge in [0.25, 0.3) is 11.5 Å². The van der Waals surface area contributed by atoms with Crippen molar-refractivity contribution in [2.75, 3.05) is 13.7 Å². The van der Waals surface area contributed by atoms with Crippen LogP contribution in [0.2, 0.25) is 0 Å². The molecule has 0 fully saturated rings. The molecule has 0 aliphatic rings. The highest BCUT2D eigenvalue weighted by atomic mass is 16.5. The van der Waals surface area contributed by atoms with Crippen LogP contribution < -0.4 is 20.3 Å². The van der Waals surface area contributed by atoms with Crippen LogP contribution in [0.1, 0.15) is 12.5 Å². The maximum atomic E-state index is 13.1. The second-order valence-electron chi connectivity index (χ2n) is 5.85. The number of amides is 1. The van der Waals surface area contributed by atoms with Gasteiger partial charge in [0.1, 0.15) is 22.9 Å². The molecule has 2 heterocycles. The second kappa shape index (κ2) is 8.71. The van der Waals surface area contributed by atoms with Crippen molar-refractivity contribution in [3.05, 3.63) is 70.2 Å². The number of methoxy groups -OCH3 is 1. The predicted octanol–water partition coefficient (Wildman–Crippen LogP) is 2.54. The largest absolute Gasteiger partial charge is 0.493 e. The van der Waals surface area contributed by atoms with Gasteiger partial charge in [0.15, 0.2) is 11.5 Å². The van der Waals surface area contributed by atoms with Crippen LogP contribution in [-0.2, 0) is 4.79 Å². The van der Waals surface area contributed by atoms with E-state index >= 15 is 0 Å². The fraction of sp³-hybridized carbons (Fsp3) is 0.143. The highest BCUT2D eigenvalue weighted by molar-refractivity contribution is 6.01. The summed E-state index contributed by atoms with van der Waals surface area (Å²) < 4.78 is 12.5. The van der Waals surface area contributed by atoms with Crippen molar-refractivity contribution >= 4 is 17.6 Å². The van der Waals surface area contributed by atoms with E-state index in [-0.39, 0.29) is 17.0 Å². The molecule has 0 aliphatic carbocycles. The van der Waals surface area contributed by atoms with Crippen LogP contribution in [0.5, 0.6) is 17.4 Å². The molecule has 2 aromatic heterocycles. The minimum atomic E-state index is -0.587. The lowest BCUT2D eigenvalue weighted by Crippen LogP contribution is -2.25. The van der Waals surface area contributed by atoms with Crippen LogP contribution in [-0.4, -0.2) is 28.9 Å². The zero-order valence-corrected chi connectivity index (χ0v) is 15.9. The number of para-hydroxylation sites is 2. The highest BCUT2D eigenvalue weighted by Crippen LogP contribution is 2.31. The lowest BCUT2D eigenvalue weighted by atomic mass is 10.1. The summed E-state index contributed by atoms with van der Waals surface area (Å²) in [7, 11) is 1.49. The van der Waals surface area contributed by atoms with Gasteiger partial charge in [-0.05, 0) is 37.3 Å². The summed E-state index contributed by atoms with van der Waals surface area (Å²) in [6, 6.07) is 13.8. The number of carbonyl (C=O) groups is 1. The molecule has 0 atom stereocenters. The van der Waals surface area contributed by atoms with Crippen molar-refractivity contribution in [2.24, 2.45) is 0 Å². The topological polar surface area (TPSA) is 106 Å². The van der Waals surface area contributed by atoms with Crippen LogP contribution in [0.3, 0.4) is 0 Å². The average Bonchev–Trinajstić information content (AvgIpc) is 2.74. The van der Waals surface area contributed by atoms with Gasteiger partial charge in [0.05, 0.1) is 7.11 Å². The van der Waals surface area contributed by atoms with Gasteiger partial charge in [-0.15, -0.1) is 0 Å². The smallest absolute Gasteiger partial charge is 0.269 e. The van der Waals surface area contributed by atoms with E-state index in [2.05, 4.69) is 10.3 Å². The number of benzene rings is 1. The molecule has 8 heteroatoms. The van der Waals surface area contributed by atoms with Gasteiger partial charge < -0.3 is 14.8 Å². The summed E-state index contributed by atoms with van der Waals surface area (Å²) in [5, 5.41) is 11.9. The molecule has 0 radical (unpaired) electrons. The summed E-state index contributed by atoms with van der Waals surface area (Å²) in [5.41, 5.74) is -0.373. The van der Waals surface area contributed by atoms with Crippen molar-refractivity contribution in [1.82, 2.24) is 14.7 Å². The zero-order valence-electron chi connectivity index (χ0n) is 15.9. The Morgan fingerprint density at radius 2 is 1.97 bits per heavy atom. The summed E-state index contributed by atoms with van der Waals surface area (Å²) in [6.07, 6.45) is 2.73. The van der Waals surface area contributed by atoms with Gasteiger partial charge in [0.2, 0.25) is 5.88 Å². The molecule has 0 saturated carbocycles. The van der Waals surface area contributed by atoms with Crippen molar-refractivity contribution < 1.29 is 14.3 Å². The third-order valence-electron chi connectivity index (χ3n) is 4.00. The van der Waals surface area contributed by atoms with Crippen LogP contribution in [0.15, 0.2) is 59.0 Å². The van der Waals surface area contributed by atoms with E-state index in [4.69, 9.17) is 9.47 Å². The number of fused-ring (bicyclic) bond motifs is 1. The lowest BCUT2D eigenvalue weighted by molar-refractivity contribution is -0.116. The summed E-state index contributed by atoms with van der Waals surface area (Å²) in [5.74, 6) is 0.161. The SMILES string of the molecule is CCNC(=O)C(C#N)=Cc1c(Oc2ccccc2OC)nc2ccccn2c1=O. The monoisotopic (exact) mass is 390 g/mol. The van der Waals surface area contributed by atoms with Crippen LogP contribution >= 0.6 is 0 Å². The fourth-order valence-corrected chi connectivity index (χ4v) is 2.64. The van der Waals surface area contributed by atoms with Crippen molar-refractivity contribution in [3.63, 3.8) is 0 Å². The molecule has 3 rings (SSSR count). The standard InChI is InChI=1S/C21H18N4O4/c1-3-23-19(26)14(13-22)12-15-20(29-17-9-5-4-8-16(17)28-2)24-18-10-6-7-11-25(18)21(15)27/h4-12H,3H2,1-2H3,(H,23,26). The molecule has 0 aliphatic heterocycles. The minimum absolute atomic E-state index is 0.0255. The number of nitrogens with one attached hydrogen (secondary N) is 1. The Bertz CT molecular complexity index is 1190. The quantitative estimate of drug-likeness (QED) is 0.512. The molecular weight excluding hydrogens is 372 g/mol. The number of aromatic nitrogens is 2. The lowest BCUT2D eigenvalue weighted by Gasteiger charge is -2.12. The van der Waals surface area contributed by atoms with Gasteiger partial charge >= 0.3 is 0 Å². The van der Waals surface area contributed by atoms with E-state index in [0.717, 1.165) is 0 Å². The molecule has 1 amide bonds. The number of nitriles is 1. The molecule has 146 valence electrons. The molecule has 1 aromatic carbocycles. The first kappa shape index (κ1) is 19.6. The van der Waals surface area contributed by atoms with Gasteiger partial charge in [-0.2, -0.15) is 10.2 Å². The maximum absolute atomic E-state index is 13.1. The first-order chi connectivity index (χ1) is 14.1. The third kappa shape index (κ3) is 4.09. The normalized spacial score (nSPS) is 11.0. The fourth-order valence-electron chi connectivity index (χ4n) is 2.64. The number of carbonyl (C=O) groups excluding carboxylic acids is 1. The van der Waals surface area contributed by atoms with Crippen molar-refractivity contribution in [1.29, 1.82) is 5.26 Å². The molecule has 8 nitrogen and oxygen atoms in total. The molecule has 1 N–H and O–H groups in total. The number of hydrogen-bond donors (Lipinski definition) is 1. The van der Waals surface area contributed by atoms with Gasteiger partial charge in [0, 0.05) is 12.7 Å². The Labute approximate surface area is 166 Å². The predicted molar refractivity (Wildman–Crippen MR) is 107 cm³/mol. The Balaban J connectivity index is 2.23. The Hall–Kier alpha value is -4.12. The molecule has 29 heavy (non-hydrogen) atoms. The molecular formula is C21H18N4O4. The first-order valence-electron chi connectivity index (χ1n) is 8.81. The van der Waals surface area contributed by atoms with Gasteiger partial charge in [-0.3, -0.25) is 14.0 Å². The highest BCUT2D eigenvalue weighted by Gasteiger charge is 2.18.